The lowest BCUT2D eigenvalue weighted by Gasteiger charge is -2.22. The summed E-state index contributed by atoms with van der Waals surface area (Å²) in [5.41, 5.74) is 1.06. The zero-order valence-electron chi connectivity index (χ0n) is 15.9. The van der Waals surface area contributed by atoms with Gasteiger partial charge in [0.2, 0.25) is 10.0 Å². The van der Waals surface area contributed by atoms with E-state index in [-0.39, 0.29) is 24.4 Å². The molecule has 1 fully saturated rings. The van der Waals surface area contributed by atoms with E-state index in [2.05, 4.69) is 20.3 Å². The van der Waals surface area contributed by atoms with Crippen molar-refractivity contribution in [2.24, 2.45) is 4.99 Å². The lowest BCUT2D eigenvalue weighted by molar-refractivity contribution is 0.0200. The van der Waals surface area contributed by atoms with Gasteiger partial charge in [-0.1, -0.05) is 23.7 Å². The van der Waals surface area contributed by atoms with Crippen LogP contribution in [0.15, 0.2) is 29.3 Å². The second-order valence-corrected chi connectivity index (χ2v) is 8.94. The van der Waals surface area contributed by atoms with Crippen molar-refractivity contribution in [3.05, 3.63) is 34.9 Å². The molecule has 0 aliphatic carbocycles. The van der Waals surface area contributed by atoms with E-state index in [4.69, 9.17) is 16.3 Å². The van der Waals surface area contributed by atoms with Crippen LogP contribution >= 0.6 is 11.6 Å². The Hall–Kier alpha value is -1.35. The first-order valence-electron chi connectivity index (χ1n) is 9.21. The standard InChI is InChI=1S/C18H29ClN4O3S/c1-14(15-6-8-16(19)9-7-15)23-18(20-2)21-10-12-27(24,25)22-13-17-5-3-4-11-26-17/h6-9,14,17,22H,3-5,10-13H2,1-2H3,(H2,20,21,23). The molecule has 1 aliphatic rings. The van der Waals surface area contributed by atoms with Crippen molar-refractivity contribution in [3.63, 3.8) is 0 Å². The number of nitrogens with one attached hydrogen (secondary N) is 3. The van der Waals surface area contributed by atoms with Crippen molar-refractivity contribution in [1.82, 2.24) is 15.4 Å². The fourth-order valence-electron chi connectivity index (χ4n) is 2.80. The third-order valence-electron chi connectivity index (χ3n) is 4.41. The largest absolute Gasteiger partial charge is 0.377 e. The van der Waals surface area contributed by atoms with E-state index < -0.39 is 10.0 Å². The van der Waals surface area contributed by atoms with Gasteiger partial charge in [-0.3, -0.25) is 4.99 Å². The number of benzene rings is 1. The number of nitrogens with zero attached hydrogens (tertiary/aromatic N) is 1. The van der Waals surface area contributed by atoms with Gasteiger partial charge in [-0.05, 0) is 43.9 Å². The molecule has 0 aromatic heterocycles. The van der Waals surface area contributed by atoms with Crippen LogP contribution in [0.3, 0.4) is 0 Å². The Morgan fingerprint density at radius 1 is 1.33 bits per heavy atom. The Morgan fingerprint density at radius 3 is 2.70 bits per heavy atom. The molecule has 3 N–H and O–H groups in total. The maximum Gasteiger partial charge on any atom is 0.213 e. The molecule has 0 amide bonds. The Kier molecular flexibility index (Phi) is 8.82. The molecule has 1 aliphatic heterocycles. The summed E-state index contributed by atoms with van der Waals surface area (Å²) in [6, 6.07) is 7.55. The molecular formula is C18H29ClN4O3S. The molecule has 2 atom stereocenters. The summed E-state index contributed by atoms with van der Waals surface area (Å²) < 4.78 is 32.5. The first kappa shape index (κ1) is 21.9. The number of hydrogen-bond acceptors (Lipinski definition) is 4. The van der Waals surface area contributed by atoms with Crippen LogP contribution in [0, 0.1) is 0 Å². The van der Waals surface area contributed by atoms with Crippen LogP contribution in [0.1, 0.15) is 37.8 Å². The molecular weight excluding hydrogens is 388 g/mol. The number of hydrogen-bond donors (Lipinski definition) is 3. The van der Waals surface area contributed by atoms with E-state index in [1.807, 2.05) is 31.2 Å². The van der Waals surface area contributed by atoms with Crippen LogP contribution in [-0.2, 0) is 14.8 Å². The Balaban J connectivity index is 1.73. The lowest BCUT2D eigenvalue weighted by atomic mass is 10.1. The molecule has 2 rings (SSSR count). The Labute approximate surface area is 167 Å². The molecule has 9 heteroatoms. The molecule has 27 heavy (non-hydrogen) atoms. The van der Waals surface area contributed by atoms with Crippen molar-refractivity contribution in [2.45, 2.75) is 38.3 Å². The minimum absolute atomic E-state index is 0.00616. The summed E-state index contributed by atoms with van der Waals surface area (Å²) in [6.07, 6.45) is 3.02. The maximum absolute atomic E-state index is 12.1. The van der Waals surface area contributed by atoms with Crippen molar-refractivity contribution >= 4 is 27.6 Å². The molecule has 0 bridgehead atoms. The SMILES string of the molecule is CN=C(NCCS(=O)(=O)NCC1CCCCO1)NC(C)c1ccc(Cl)cc1. The molecule has 0 radical (unpaired) electrons. The topological polar surface area (TPSA) is 91.8 Å². The predicted octanol–water partition coefficient (Wildman–Crippen LogP) is 2.05. The van der Waals surface area contributed by atoms with Gasteiger partial charge in [0.05, 0.1) is 17.9 Å². The molecule has 7 nitrogen and oxygen atoms in total. The average molecular weight is 417 g/mol. The molecule has 1 aromatic rings. The van der Waals surface area contributed by atoms with Crippen LogP contribution in [0.25, 0.3) is 0 Å². The van der Waals surface area contributed by atoms with Gasteiger partial charge >= 0.3 is 0 Å². The van der Waals surface area contributed by atoms with Crippen molar-refractivity contribution in [2.75, 3.05) is 32.5 Å². The zero-order chi connectivity index (χ0) is 19.7. The van der Waals surface area contributed by atoms with Gasteiger partial charge in [-0.15, -0.1) is 0 Å². The highest BCUT2D eigenvalue weighted by Gasteiger charge is 2.17. The Morgan fingerprint density at radius 2 is 2.07 bits per heavy atom. The summed E-state index contributed by atoms with van der Waals surface area (Å²) in [5, 5.41) is 6.96. The number of sulfonamides is 1. The van der Waals surface area contributed by atoms with Gasteiger partial charge in [-0.25, -0.2) is 13.1 Å². The normalized spacial score (nSPS) is 19.5. The van der Waals surface area contributed by atoms with Crippen molar-refractivity contribution < 1.29 is 13.2 Å². The van der Waals surface area contributed by atoms with Gasteiger partial charge in [0.25, 0.3) is 0 Å². The number of rotatable bonds is 8. The third-order valence-corrected chi connectivity index (χ3v) is 6.02. The minimum atomic E-state index is -3.36. The lowest BCUT2D eigenvalue weighted by Crippen LogP contribution is -2.43. The fraction of sp³-hybridized carbons (Fsp3) is 0.611. The summed E-state index contributed by atoms with van der Waals surface area (Å²) >= 11 is 5.91. The van der Waals surface area contributed by atoms with Crippen molar-refractivity contribution in [3.8, 4) is 0 Å². The van der Waals surface area contributed by atoms with E-state index in [1.165, 1.54) is 0 Å². The average Bonchev–Trinajstić information content (AvgIpc) is 2.67. The summed E-state index contributed by atoms with van der Waals surface area (Å²) in [7, 11) is -1.71. The van der Waals surface area contributed by atoms with Crippen LogP contribution in [0.2, 0.25) is 5.02 Å². The molecule has 2 unspecified atom stereocenters. The maximum atomic E-state index is 12.1. The van der Waals surface area contributed by atoms with Crippen LogP contribution in [0.5, 0.6) is 0 Å². The molecule has 1 saturated heterocycles. The highest BCUT2D eigenvalue weighted by Crippen LogP contribution is 2.15. The minimum Gasteiger partial charge on any atom is -0.377 e. The molecule has 0 spiro atoms. The van der Waals surface area contributed by atoms with E-state index >= 15 is 0 Å². The molecule has 152 valence electrons. The monoisotopic (exact) mass is 416 g/mol. The molecule has 0 saturated carbocycles. The highest BCUT2D eigenvalue weighted by molar-refractivity contribution is 7.89. The van der Waals surface area contributed by atoms with Gasteiger partial charge < -0.3 is 15.4 Å². The summed E-state index contributed by atoms with van der Waals surface area (Å²) in [4.78, 5) is 4.14. The molecule has 1 heterocycles. The first-order chi connectivity index (χ1) is 12.9. The second kappa shape index (κ2) is 10.8. The predicted molar refractivity (Wildman–Crippen MR) is 110 cm³/mol. The fourth-order valence-corrected chi connectivity index (χ4v) is 3.88. The number of halogens is 1. The van der Waals surface area contributed by atoms with Crippen molar-refractivity contribution in [1.29, 1.82) is 0 Å². The van der Waals surface area contributed by atoms with Gasteiger partial charge in [0, 0.05) is 31.8 Å². The smallest absolute Gasteiger partial charge is 0.213 e. The number of guanidine groups is 1. The van der Waals surface area contributed by atoms with E-state index in [0.29, 0.717) is 24.1 Å². The quantitative estimate of drug-likeness (QED) is 0.445. The van der Waals surface area contributed by atoms with Gasteiger partial charge in [0.1, 0.15) is 0 Å². The van der Waals surface area contributed by atoms with Gasteiger partial charge in [0.15, 0.2) is 5.96 Å². The summed E-state index contributed by atoms with van der Waals surface area (Å²) in [6.45, 7) is 3.30. The van der Waals surface area contributed by atoms with Crippen LogP contribution in [0.4, 0.5) is 0 Å². The van der Waals surface area contributed by atoms with E-state index in [9.17, 15) is 8.42 Å². The number of aliphatic imine (C=N–C) groups is 1. The molecule has 1 aromatic carbocycles. The number of ether oxygens (including phenoxy) is 1. The third kappa shape index (κ3) is 8.04. The van der Waals surface area contributed by atoms with E-state index in [0.717, 1.165) is 24.8 Å². The second-order valence-electron chi connectivity index (χ2n) is 6.57. The zero-order valence-corrected chi connectivity index (χ0v) is 17.4. The highest BCUT2D eigenvalue weighted by atomic mass is 35.5. The van der Waals surface area contributed by atoms with E-state index in [1.54, 1.807) is 7.05 Å². The summed E-state index contributed by atoms with van der Waals surface area (Å²) in [5.74, 6) is 0.513. The van der Waals surface area contributed by atoms with Crippen LogP contribution < -0.4 is 15.4 Å². The Bertz CT molecular complexity index is 704. The first-order valence-corrected chi connectivity index (χ1v) is 11.2. The van der Waals surface area contributed by atoms with Gasteiger partial charge in [-0.2, -0.15) is 0 Å². The van der Waals surface area contributed by atoms with Crippen LogP contribution in [-0.4, -0.2) is 53.0 Å².